The van der Waals surface area contributed by atoms with E-state index in [0.717, 1.165) is 6.42 Å². The Kier molecular flexibility index (Phi) is 6.56. The van der Waals surface area contributed by atoms with Crippen LogP contribution in [-0.4, -0.2) is 48.4 Å². The van der Waals surface area contributed by atoms with E-state index in [4.69, 9.17) is 5.11 Å². The number of amides is 2. The predicted octanol–water partition coefficient (Wildman–Crippen LogP) is 1.62. The third-order valence-electron chi connectivity index (χ3n) is 3.27. The van der Waals surface area contributed by atoms with Gasteiger partial charge in [-0.25, -0.2) is 0 Å². The maximum Gasteiger partial charge on any atom is 0.308 e. The van der Waals surface area contributed by atoms with E-state index in [1.165, 1.54) is 11.0 Å². The molecular formula is C16H22N2O4. The molecule has 1 unspecified atom stereocenters. The summed E-state index contributed by atoms with van der Waals surface area (Å²) in [5, 5.41) is 11.7. The Morgan fingerprint density at radius 1 is 1.23 bits per heavy atom. The average Bonchev–Trinajstić information content (AvgIpc) is 2.50. The van der Waals surface area contributed by atoms with Crippen molar-refractivity contribution in [3.63, 3.8) is 0 Å². The Balaban J connectivity index is 2.75. The van der Waals surface area contributed by atoms with Crippen LogP contribution >= 0.6 is 0 Å². The van der Waals surface area contributed by atoms with Crippen LogP contribution in [0.2, 0.25) is 0 Å². The molecule has 22 heavy (non-hydrogen) atoms. The van der Waals surface area contributed by atoms with Gasteiger partial charge < -0.3 is 15.3 Å². The van der Waals surface area contributed by atoms with Gasteiger partial charge in [0.2, 0.25) is 0 Å². The molecule has 0 aliphatic carbocycles. The third-order valence-corrected chi connectivity index (χ3v) is 3.27. The standard InChI is InChI=1S/C16H22N2O4/c1-4-6-13(16(21)22)10-17-14(19)11-7-5-8-12(9-11)15(20)18(2)3/h5,7-9,13H,4,6,10H2,1-3H3,(H,17,19)(H,21,22). The summed E-state index contributed by atoms with van der Waals surface area (Å²) in [6, 6.07) is 6.37. The number of nitrogens with one attached hydrogen (secondary N) is 1. The lowest BCUT2D eigenvalue weighted by Gasteiger charge is -2.13. The van der Waals surface area contributed by atoms with Crippen molar-refractivity contribution in [2.24, 2.45) is 5.92 Å². The van der Waals surface area contributed by atoms with Crippen LogP contribution in [0, 0.1) is 5.92 Å². The van der Waals surface area contributed by atoms with Crippen LogP contribution < -0.4 is 5.32 Å². The quantitative estimate of drug-likeness (QED) is 0.801. The van der Waals surface area contributed by atoms with Crippen LogP contribution in [0.5, 0.6) is 0 Å². The fourth-order valence-corrected chi connectivity index (χ4v) is 2.03. The zero-order valence-corrected chi connectivity index (χ0v) is 13.1. The maximum atomic E-state index is 12.1. The molecule has 0 saturated heterocycles. The number of carboxylic acids is 1. The van der Waals surface area contributed by atoms with Gasteiger partial charge in [0.25, 0.3) is 11.8 Å². The minimum Gasteiger partial charge on any atom is -0.481 e. The van der Waals surface area contributed by atoms with E-state index in [-0.39, 0.29) is 18.4 Å². The first-order valence-electron chi connectivity index (χ1n) is 7.19. The Labute approximate surface area is 130 Å². The van der Waals surface area contributed by atoms with Crippen molar-refractivity contribution in [3.05, 3.63) is 35.4 Å². The molecule has 1 aromatic rings. The Bertz CT molecular complexity index is 555. The first-order chi connectivity index (χ1) is 10.4. The van der Waals surface area contributed by atoms with Crippen molar-refractivity contribution >= 4 is 17.8 Å². The van der Waals surface area contributed by atoms with Gasteiger partial charge in [-0.05, 0) is 24.6 Å². The van der Waals surface area contributed by atoms with Crippen LogP contribution in [0.3, 0.4) is 0 Å². The molecule has 0 saturated carbocycles. The lowest BCUT2D eigenvalue weighted by Crippen LogP contribution is -2.33. The molecule has 1 aromatic carbocycles. The van der Waals surface area contributed by atoms with Crippen molar-refractivity contribution in [2.45, 2.75) is 19.8 Å². The summed E-state index contributed by atoms with van der Waals surface area (Å²) in [6.45, 7) is 1.97. The Morgan fingerprint density at radius 2 is 1.86 bits per heavy atom. The summed E-state index contributed by atoms with van der Waals surface area (Å²) in [6.07, 6.45) is 1.24. The molecule has 6 nitrogen and oxygen atoms in total. The zero-order chi connectivity index (χ0) is 16.7. The van der Waals surface area contributed by atoms with Crippen molar-refractivity contribution in [3.8, 4) is 0 Å². The van der Waals surface area contributed by atoms with Crippen molar-refractivity contribution in [1.29, 1.82) is 0 Å². The van der Waals surface area contributed by atoms with Gasteiger partial charge >= 0.3 is 5.97 Å². The van der Waals surface area contributed by atoms with Crippen molar-refractivity contribution in [1.82, 2.24) is 10.2 Å². The first kappa shape index (κ1) is 17.7. The number of hydrogen-bond acceptors (Lipinski definition) is 3. The van der Waals surface area contributed by atoms with Gasteiger partial charge in [-0.1, -0.05) is 19.4 Å². The summed E-state index contributed by atoms with van der Waals surface area (Å²) < 4.78 is 0. The predicted molar refractivity (Wildman–Crippen MR) is 82.8 cm³/mol. The highest BCUT2D eigenvalue weighted by Gasteiger charge is 2.18. The number of carbonyl (C=O) groups excluding carboxylic acids is 2. The molecule has 0 spiro atoms. The lowest BCUT2D eigenvalue weighted by molar-refractivity contribution is -0.141. The number of hydrogen-bond donors (Lipinski definition) is 2. The summed E-state index contributed by atoms with van der Waals surface area (Å²) in [5.74, 6) is -2.08. The summed E-state index contributed by atoms with van der Waals surface area (Å²) in [4.78, 5) is 36.5. The van der Waals surface area contributed by atoms with E-state index in [1.807, 2.05) is 6.92 Å². The first-order valence-corrected chi connectivity index (χ1v) is 7.19. The zero-order valence-electron chi connectivity index (χ0n) is 13.1. The molecule has 0 bridgehead atoms. The van der Waals surface area contributed by atoms with Gasteiger partial charge in [-0.2, -0.15) is 0 Å². The van der Waals surface area contributed by atoms with E-state index in [0.29, 0.717) is 17.5 Å². The van der Waals surface area contributed by atoms with E-state index in [2.05, 4.69) is 5.32 Å². The molecule has 0 aromatic heterocycles. The van der Waals surface area contributed by atoms with E-state index < -0.39 is 11.9 Å². The minimum atomic E-state index is -0.918. The number of benzene rings is 1. The molecule has 2 N–H and O–H groups in total. The minimum absolute atomic E-state index is 0.0772. The largest absolute Gasteiger partial charge is 0.481 e. The molecule has 0 aliphatic rings. The second-order valence-corrected chi connectivity index (χ2v) is 5.31. The second-order valence-electron chi connectivity index (χ2n) is 5.31. The molecule has 120 valence electrons. The molecular weight excluding hydrogens is 284 g/mol. The average molecular weight is 306 g/mol. The molecule has 0 fully saturated rings. The fraction of sp³-hybridized carbons (Fsp3) is 0.438. The normalized spacial score (nSPS) is 11.6. The maximum absolute atomic E-state index is 12.1. The van der Waals surface area contributed by atoms with Gasteiger partial charge in [-0.15, -0.1) is 0 Å². The highest BCUT2D eigenvalue weighted by Crippen LogP contribution is 2.09. The van der Waals surface area contributed by atoms with E-state index in [1.54, 1.807) is 32.3 Å². The molecule has 0 aliphatic heterocycles. The topological polar surface area (TPSA) is 86.7 Å². The second kappa shape index (κ2) is 8.17. The molecule has 1 atom stereocenters. The van der Waals surface area contributed by atoms with Gasteiger partial charge in [0, 0.05) is 31.8 Å². The Morgan fingerprint density at radius 3 is 2.41 bits per heavy atom. The Hall–Kier alpha value is -2.37. The highest BCUT2D eigenvalue weighted by molar-refractivity contribution is 5.99. The van der Waals surface area contributed by atoms with Crippen LogP contribution in [0.15, 0.2) is 24.3 Å². The van der Waals surface area contributed by atoms with Gasteiger partial charge in [-0.3, -0.25) is 14.4 Å². The molecule has 1 rings (SSSR count). The SMILES string of the molecule is CCCC(CNC(=O)c1cccc(C(=O)N(C)C)c1)C(=O)O. The number of nitrogens with zero attached hydrogens (tertiary/aromatic N) is 1. The molecule has 0 heterocycles. The lowest BCUT2D eigenvalue weighted by atomic mass is 10.0. The molecule has 6 heteroatoms. The fourth-order valence-electron chi connectivity index (χ4n) is 2.03. The van der Waals surface area contributed by atoms with E-state index in [9.17, 15) is 14.4 Å². The monoisotopic (exact) mass is 306 g/mol. The van der Waals surface area contributed by atoms with Gasteiger partial charge in [0.15, 0.2) is 0 Å². The highest BCUT2D eigenvalue weighted by atomic mass is 16.4. The number of carbonyl (C=O) groups is 3. The van der Waals surface area contributed by atoms with Crippen LogP contribution in [0.25, 0.3) is 0 Å². The van der Waals surface area contributed by atoms with Crippen molar-refractivity contribution in [2.75, 3.05) is 20.6 Å². The summed E-state index contributed by atoms with van der Waals surface area (Å²) >= 11 is 0. The van der Waals surface area contributed by atoms with E-state index >= 15 is 0 Å². The van der Waals surface area contributed by atoms with Crippen molar-refractivity contribution < 1.29 is 19.5 Å². The molecule has 0 radical (unpaired) electrons. The third kappa shape index (κ3) is 4.87. The summed E-state index contributed by atoms with van der Waals surface area (Å²) in [5.41, 5.74) is 0.759. The smallest absolute Gasteiger partial charge is 0.308 e. The van der Waals surface area contributed by atoms with Gasteiger partial charge in [0.1, 0.15) is 0 Å². The number of aliphatic carboxylic acids is 1. The van der Waals surface area contributed by atoms with Gasteiger partial charge in [0.05, 0.1) is 5.92 Å². The van der Waals surface area contributed by atoms with Crippen LogP contribution in [0.1, 0.15) is 40.5 Å². The number of carboxylic acid groups (broad SMARTS) is 1. The van der Waals surface area contributed by atoms with Crippen LogP contribution in [-0.2, 0) is 4.79 Å². The number of rotatable bonds is 7. The van der Waals surface area contributed by atoms with Crippen LogP contribution in [0.4, 0.5) is 0 Å². The summed E-state index contributed by atoms with van der Waals surface area (Å²) in [7, 11) is 3.27. The molecule has 2 amide bonds.